The summed E-state index contributed by atoms with van der Waals surface area (Å²) < 4.78 is 7.22. The Morgan fingerprint density at radius 3 is 3.00 bits per heavy atom. The number of carbonyl (C=O) groups is 1. The van der Waals surface area contributed by atoms with Gasteiger partial charge < -0.3 is 9.73 Å². The number of aromatic nitrogens is 2. The summed E-state index contributed by atoms with van der Waals surface area (Å²) in [4.78, 5) is 11.9. The first-order valence-electron chi connectivity index (χ1n) is 7.05. The second kappa shape index (κ2) is 6.23. The van der Waals surface area contributed by atoms with Gasteiger partial charge in [0.2, 0.25) is 5.91 Å². The first-order valence-corrected chi connectivity index (χ1v) is 7.43. The minimum Gasteiger partial charge on any atom is -0.465 e. The fraction of sp³-hybridized carbons (Fsp3) is 0.250. The Kier molecular flexibility index (Phi) is 4.15. The fourth-order valence-corrected chi connectivity index (χ4v) is 2.48. The van der Waals surface area contributed by atoms with Gasteiger partial charge in [0.15, 0.2) is 0 Å². The molecule has 114 valence electrons. The Labute approximate surface area is 132 Å². The average Bonchev–Trinajstić information content (AvgIpc) is 3.08. The molecule has 22 heavy (non-hydrogen) atoms. The predicted molar refractivity (Wildman–Crippen MR) is 84.7 cm³/mol. The third kappa shape index (κ3) is 3.31. The summed E-state index contributed by atoms with van der Waals surface area (Å²) in [5.74, 6) is 1.56. The summed E-state index contributed by atoms with van der Waals surface area (Å²) in [5.41, 5.74) is 0.971. The number of hydrogen-bond donors (Lipinski definition) is 1. The summed E-state index contributed by atoms with van der Waals surface area (Å²) >= 11 is 5.95. The van der Waals surface area contributed by atoms with E-state index in [0.717, 1.165) is 22.4 Å². The molecule has 6 heteroatoms. The lowest BCUT2D eigenvalue weighted by molar-refractivity contribution is -0.121. The van der Waals surface area contributed by atoms with Gasteiger partial charge in [0.1, 0.15) is 11.5 Å². The minimum atomic E-state index is -0.0355. The summed E-state index contributed by atoms with van der Waals surface area (Å²) in [5, 5.41) is 8.78. The van der Waals surface area contributed by atoms with Crippen molar-refractivity contribution in [2.24, 2.45) is 0 Å². The highest BCUT2D eigenvalue weighted by atomic mass is 35.5. The van der Waals surface area contributed by atoms with Gasteiger partial charge in [-0.2, -0.15) is 5.10 Å². The van der Waals surface area contributed by atoms with Crippen molar-refractivity contribution in [3.63, 3.8) is 0 Å². The molecule has 0 spiro atoms. The number of rotatable bonds is 5. The summed E-state index contributed by atoms with van der Waals surface area (Å²) in [6, 6.07) is 9.33. The standard InChI is InChI=1S/C16H16ClN3O2/c1-11-2-4-14(22-11)10-18-16(21)6-7-20-15-5-3-13(17)8-12(15)9-19-20/h2-5,8-9H,6-7,10H2,1H3,(H,18,21). The molecule has 0 radical (unpaired) electrons. The quantitative estimate of drug-likeness (QED) is 0.785. The van der Waals surface area contributed by atoms with E-state index in [1.165, 1.54) is 0 Å². The van der Waals surface area contributed by atoms with Crippen molar-refractivity contribution < 1.29 is 9.21 Å². The zero-order valence-corrected chi connectivity index (χ0v) is 12.9. The molecular weight excluding hydrogens is 302 g/mol. The van der Waals surface area contributed by atoms with Crippen LogP contribution in [0.2, 0.25) is 5.02 Å². The van der Waals surface area contributed by atoms with Crippen LogP contribution in [0, 0.1) is 6.92 Å². The minimum absolute atomic E-state index is 0.0355. The van der Waals surface area contributed by atoms with Gasteiger partial charge in [0.05, 0.1) is 24.8 Å². The summed E-state index contributed by atoms with van der Waals surface area (Å²) in [6.07, 6.45) is 2.11. The highest BCUT2D eigenvalue weighted by Gasteiger charge is 2.07. The van der Waals surface area contributed by atoms with Crippen molar-refractivity contribution in [1.29, 1.82) is 0 Å². The van der Waals surface area contributed by atoms with Crippen molar-refractivity contribution in [1.82, 2.24) is 15.1 Å². The van der Waals surface area contributed by atoms with Crippen LogP contribution in [0.5, 0.6) is 0 Å². The van der Waals surface area contributed by atoms with Crippen molar-refractivity contribution in [3.05, 3.63) is 53.1 Å². The van der Waals surface area contributed by atoms with E-state index in [1.54, 1.807) is 6.20 Å². The van der Waals surface area contributed by atoms with Gasteiger partial charge in [-0.3, -0.25) is 9.48 Å². The molecule has 1 N–H and O–H groups in total. The Balaban J connectivity index is 1.56. The number of aryl methyl sites for hydroxylation is 2. The van der Waals surface area contributed by atoms with Crippen LogP contribution in [0.4, 0.5) is 0 Å². The van der Waals surface area contributed by atoms with Crippen molar-refractivity contribution >= 4 is 28.4 Å². The monoisotopic (exact) mass is 317 g/mol. The van der Waals surface area contributed by atoms with E-state index < -0.39 is 0 Å². The molecule has 0 saturated heterocycles. The summed E-state index contributed by atoms with van der Waals surface area (Å²) in [6.45, 7) is 2.80. The molecule has 1 aromatic carbocycles. The van der Waals surface area contributed by atoms with Crippen LogP contribution in [0.25, 0.3) is 10.9 Å². The van der Waals surface area contributed by atoms with E-state index in [-0.39, 0.29) is 5.91 Å². The smallest absolute Gasteiger partial charge is 0.222 e. The van der Waals surface area contributed by atoms with Gasteiger partial charge in [-0.1, -0.05) is 11.6 Å². The molecule has 0 unspecified atom stereocenters. The van der Waals surface area contributed by atoms with Crippen LogP contribution in [0.1, 0.15) is 17.9 Å². The lowest BCUT2D eigenvalue weighted by atomic mass is 10.2. The van der Waals surface area contributed by atoms with E-state index in [0.29, 0.717) is 24.5 Å². The maximum absolute atomic E-state index is 11.9. The van der Waals surface area contributed by atoms with Gasteiger partial charge >= 0.3 is 0 Å². The number of nitrogens with one attached hydrogen (secondary N) is 1. The Morgan fingerprint density at radius 1 is 1.36 bits per heavy atom. The molecule has 0 aliphatic carbocycles. The molecule has 3 rings (SSSR count). The lowest BCUT2D eigenvalue weighted by Gasteiger charge is -2.05. The topological polar surface area (TPSA) is 60.1 Å². The highest BCUT2D eigenvalue weighted by Crippen LogP contribution is 2.19. The molecular formula is C16H16ClN3O2. The van der Waals surface area contributed by atoms with Crippen LogP contribution in [-0.2, 0) is 17.9 Å². The number of furan rings is 1. The highest BCUT2D eigenvalue weighted by molar-refractivity contribution is 6.31. The van der Waals surface area contributed by atoms with Gasteiger partial charge in [-0.25, -0.2) is 0 Å². The Bertz CT molecular complexity index is 807. The largest absolute Gasteiger partial charge is 0.465 e. The van der Waals surface area contributed by atoms with Gasteiger partial charge in [-0.15, -0.1) is 0 Å². The van der Waals surface area contributed by atoms with Crippen LogP contribution in [0.15, 0.2) is 40.9 Å². The number of nitrogens with zero attached hydrogens (tertiary/aromatic N) is 2. The van der Waals surface area contributed by atoms with E-state index in [9.17, 15) is 4.79 Å². The van der Waals surface area contributed by atoms with Crippen molar-refractivity contribution in [2.45, 2.75) is 26.4 Å². The molecule has 0 bridgehead atoms. The van der Waals surface area contributed by atoms with Gasteiger partial charge in [-0.05, 0) is 37.3 Å². The van der Waals surface area contributed by atoms with Gasteiger partial charge in [0, 0.05) is 16.8 Å². The molecule has 2 aromatic heterocycles. The summed E-state index contributed by atoms with van der Waals surface area (Å²) in [7, 11) is 0. The zero-order chi connectivity index (χ0) is 15.5. The number of benzene rings is 1. The number of hydrogen-bond acceptors (Lipinski definition) is 3. The average molecular weight is 318 g/mol. The predicted octanol–water partition coefficient (Wildman–Crippen LogP) is 3.30. The van der Waals surface area contributed by atoms with Crippen LogP contribution in [0.3, 0.4) is 0 Å². The first-order chi connectivity index (χ1) is 10.6. The molecule has 5 nitrogen and oxygen atoms in total. The van der Waals surface area contributed by atoms with E-state index in [2.05, 4.69) is 10.4 Å². The molecule has 0 atom stereocenters. The van der Waals surface area contributed by atoms with Crippen LogP contribution >= 0.6 is 11.6 Å². The zero-order valence-electron chi connectivity index (χ0n) is 12.2. The molecule has 0 saturated carbocycles. The van der Waals surface area contributed by atoms with Gasteiger partial charge in [0.25, 0.3) is 0 Å². The maximum Gasteiger partial charge on any atom is 0.222 e. The number of fused-ring (bicyclic) bond motifs is 1. The SMILES string of the molecule is Cc1ccc(CNC(=O)CCn2ncc3cc(Cl)ccc32)o1. The third-order valence-corrected chi connectivity index (χ3v) is 3.65. The number of halogens is 1. The molecule has 1 amide bonds. The van der Waals surface area contributed by atoms with E-state index in [4.69, 9.17) is 16.0 Å². The van der Waals surface area contributed by atoms with E-state index >= 15 is 0 Å². The first kappa shape index (κ1) is 14.7. The molecule has 0 aliphatic heterocycles. The Morgan fingerprint density at radius 2 is 2.23 bits per heavy atom. The normalized spacial score (nSPS) is 11.0. The van der Waals surface area contributed by atoms with Crippen molar-refractivity contribution in [3.8, 4) is 0 Å². The number of carbonyl (C=O) groups excluding carboxylic acids is 1. The van der Waals surface area contributed by atoms with Crippen LogP contribution < -0.4 is 5.32 Å². The molecule has 3 aromatic rings. The number of amides is 1. The lowest BCUT2D eigenvalue weighted by Crippen LogP contribution is -2.23. The van der Waals surface area contributed by atoms with Crippen LogP contribution in [-0.4, -0.2) is 15.7 Å². The maximum atomic E-state index is 11.9. The third-order valence-electron chi connectivity index (χ3n) is 3.41. The molecule has 0 fully saturated rings. The second-order valence-electron chi connectivity index (χ2n) is 5.11. The molecule has 0 aliphatic rings. The Hall–Kier alpha value is -2.27. The second-order valence-corrected chi connectivity index (χ2v) is 5.55. The van der Waals surface area contributed by atoms with E-state index in [1.807, 2.05) is 41.9 Å². The fourth-order valence-electron chi connectivity index (χ4n) is 2.30. The van der Waals surface area contributed by atoms with Crippen molar-refractivity contribution in [2.75, 3.05) is 0 Å². The molecule has 2 heterocycles.